The molecule has 0 saturated carbocycles. The van der Waals surface area contributed by atoms with Crippen molar-refractivity contribution in [1.82, 2.24) is 10.2 Å². The van der Waals surface area contributed by atoms with Crippen molar-refractivity contribution in [2.24, 2.45) is 5.92 Å². The van der Waals surface area contributed by atoms with Gasteiger partial charge < -0.3 is 10.2 Å². The molecule has 0 radical (unpaired) electrons. The molecular weight excluding hydrogens is 216 g/mol. The molecule has 17 heavy (non-hydrogen) atoms. The van der Waals surface area contributed by atoms with Crippen LogP contribution in [0.25, 0.3) is 0 Å². The molecule has 1 rings (SSSR count). The van der Waals surface area contributed by atoms with Crippen molar-refractivity contribution in [2.75, 3.05) is 6.54 Å². The molecule has 1 heterocycles. The maximum absolute atomic E-state index is 12.2. The third-order valence-corrected chi connectivity index (χ3v) is 3.77. The van der Waals surface area contributed by atoms with Crippen LogP contribution >= 0.6 is 0 Å². The van der Waals surface area contributed by atoms with Gasteiger partial charge in [0, 0.05) is 6.04 Å². The van der Waals surface area contributed by atoms with Gasteiger partial charge in [0.2, 0.25) is 11.8 Å². The molecule has 1 saturated heterocycles. The highest BCUT2D eigenvalue weighted by Gasteiger charge is 2.35. The Kier molecular flexibility index (Phi) is 4.97. The highest BCUT2D eigenvalue weighted by atomic mass is 16.2. The maximum atomic E-state index is 12.2. The first kappa shape index (κ1) is 14.0. The van der Waals surface area contributed by atoms with Gasteiger partial charge in [-0.1, -0.05) is 33.6 Å². The molecule has 98 valence electrons. The van der Waals surface area contributed by atoms with Crippen LogP contribution in [-0.4, -0.2) is 35.3 Å². The summed E-state index contributed by atoms with van der Waals surface area (Å²) < 4.78 is 0. The fourth-order valence-corrected chi connectivity index (χ4v) is 2.21. The fourth-order valence-electron chi connectivity index (χ4n) is 2.21. The van der Waals surface area contributed by atoms with Crippen molar-refractivity contribution in [3.8, 4) is 0 Å². The number of nitrogens with one attached hydrogen (secondary N) is 1. The molecular formula is C13H24N2O2. The summed E-state index contributed by atoms with van der Waals surface area (Å²) in [7, 11) is 0. The van der Waals surface area contributed by atoms with E-state index in [4.69, 9.17) is 0 Å². The molecule has 1 aliphatic rings. The van der Waals surface area contributed by atoms with Crippen molar-refractivity contribution in [1.29, 1.82) is 0 Å². The predicted molar refractivity (Wildman–Crippen MR) is 67.5 cm³/mol. The Hall–Kier alpha value is -1.06. The van der Waals surface area contributed by atoms with Crippen LogP contribution in [0.1, 0.15) is 47.0 Å². The maximum Gasteiger partial charge on any atom is 0.245 e. The number of hydrogen-bond donors (Lipinski definition) is 1. The van der Waals surface area contributed by atoms with E-state index < -0.39 is 0 Å². The smallest absolute Gasteiger partial charge is 0.245 e. The average molecular weight is 240 g/mol. The van der Waals surface area contributed by atoms with E-state index in [1.54, 1.807) is 4.90 Å². The molecule has 0 spiro atoms. The first-order chi connectivity index (χ1) is 8.01. The summed E-state index contributed by atoms with van der Waals surface area (Å²) in [5, 5.41) is 2.78. The normalized spacial score (nSPS) is 24.5. The Morgan fingerprint density at radius 2 is 2.00 bits per heavy atom. The molecule has 4 heteroatoms. The number of carbonyl (C=O) groups is 2. The minimum absolute atomic E-state index is 0.0294. The predicted octanol–water partition coefficient (Wildman–Crippen LogP) is 1.55. The van der Waals surface area contributed by atoms with E-state index in [2.05, 4.69) is 19.2 Å². The summed E-state index contributed by atoms with van der Waals surface area (Å²) in [6.45, 7) is 8.51. The lowest BCUT2D eigenvalue weighted by Gasteiger charge is -2.38. The third kappa shape index (κ3) is 3.20. The van der Waals surface area contributed by atoms with Gasteiger partial charge in [0.1, 0.15) is 6.04 Å². The monoisotopic (exact) mass is 240 g/mol. The van der Waals surface area contributed by atoms with Crippen LogP contribution in [-0.2, 0) is 9.59 Å². The van der Waals surface area contributed by atoms with Crippen LogP contribution in [0.15, 0.2) is 0 Å². The Morgan fingerprint density at radius 1 is 1.35 bits per heavy atom. The molecule has 1 aliphatic heterocycles. The van der Waals surface area contributed by atoms with Crippen molar-refractivity contribution in [3.63, 3.8) is 0 Å². The van der Waals surface area contributed by atoms with Gasteiger partial charge in [-0.15, -0.1) is 0 Å². The second-order valence-corrected chi connectivity index (χ2v) is 5.00. The Bertz CT molecular complexity index is 291. The zero-order chi connectivity index (χ0) is 13.0. The number of rotatable bonds is 5. The van der Waals surface area contributed by atoms with E-state index in [9.17, 15) is 9.59 Å². The topological polar surface area (TPSA) is 49.4 Å². The van der Waals surface area contributed by atoms with Crippen molar-refractivity contribution in [3.05, 3.63) is 0 Å². The zero-order valence-corrected chi connectivity index (χ0v) is 11.3. The SMILES string of the molecule is CCCC1NC(=O)CN(C(C)C(C)CC)C1=O. The van der Waals surface area contributed by atoms with Crippen LogP contribution in [0.3, 0.4) is 0 Å². The van der Waals surface area contributed by atoms with E-state index in [0.717, 1.165) is 19.3 Å². The molecule has 0 aromatic heterocycles. The van der Waals surface area contributed by atoms with Gasteiger partial charge in [-0.3, -0.25) is 9.59 Å². The summed E-state index contributed by atoms with van der Waals surface area (Å²) in [6.07, 6.45) is 2.65. The van der Waals surface area contributed by atoms with E-state index >= 15 is 0 Å². The minimum atomic E-state index is -0.312. The lowest BCUT2D eigenvalue weighted by atomic mass is 9.97. The van der Waals surface area contributed by atoms with Crippen molar-refractivity contribution >= 4 is 11.8 Å². The standard InChI is InChI=1S/C13H24N2O2/c1-5-7-11-13(17)15(8-12(16)14-11)10(4)9(3)6-2/h9-11H,5-8H2,1-4H3,(H,14,16). The first-order valence-electron chi connectivity index (χ1n) is 6.61. The average Bonchev–Trinajstić information content (AvgIpc) is 2.31. The number of hydrogen-bond acceptors (Lipinski definition) is 2. The third-order valence-electron chi connectivity index (χ3n) is 3.77. The minimum Gasteiger partial charge on any atom is -0.343 e. The molecule has 1 fully saturated rings. The summed E-state index contributed by atoms with van der Waals surface area (Å²) in [6, 6.07) is -0.175. The lowest BCUT2D eigenvalue weighted by molar-refractivity contribution is -0.147. The van der Waals surface area contributed by atoms with Crippen LogP contribution in [0.2, 0.25) is 0 Å². The highest BCUT2D eigenvalue weighted by Crippen LogP contribution is 2.18. The second-order valence-electron chi connectivity index (χ2n) is 5.00. The molecule has 0 aliphatic carbocycles. The summed E-state index contributed by atoms with van der Waals surface area (Å²) in [4.78, 5) is 25.6. The molecule has 0 aromatic carbocycles. The van der Waals surface area contributed by atoms with Crippen molar-refractivity contribution < 1.29 is 9.59 Å². The van der Waals surface area contributed by atoms with Gasteiger partial charge >= 0.3 is 0 Å². The van der Waals surface area contributed by atoms with Crippen LogP contribution < -0.4 is 5.32 Å². The van der Waals surface area contributed by atoms with Crippen LogP contribution in [0, 0.1) is 5.92 Å². The lowest BCUT2D eigenvalue weighted by Crippen LogP contribution is -2.61. The van der Waals surface area contributed by atoms with E-state index in [0.29, 0.717) is 5.92 Å². The van der Waals surface area contributed by atoms with E-state index in [1.165, 1.54) is 0 Å². The van der Waals surface area contributed by atoms with E-state index in [1.807, 2.05) is 13.8 Å². The fraction of sp³-hybridized carbons (Fsp3) is 0.846. The quantitative estimate of drug-likeness (QED) is 0.792. The van der Waals surface area contributed by atoms with E-state index in [-0.39, 0.29) is 30.4 Å². The van der Waals surface area contributed by atoms with Gasteiger partial charge in [0.25, 0.3) is 0 Å². The molecule has 0 aromatic rings. The highest BCUT2D eigenvalue weighted by molar-refractivity contribution is 5.95. The summed E-state index contributed by atoms with van der Waals surface area (Å²) in [5.41, 5.74) is 0. The molecule has 3 atom stereocenters. The molecule has 1 N–H and O–H groups in total. The summed E-state index contributed by atoms with van der Waals surface area (Å²) in [5.74, 6) is 0.476. The Labute approximate surface area is 104 Å². The second kappa shape index (κ2) is 6.03. The molecule has 2 amide bonds. The summed E-state index contributed by atoms with van der Waals surface area (Å²) >= 11 is 0. The van der Waals surface area contributed by atoms with Crippen LogP contribution in [0.4, 0.5) is 0 Å². The number of piperazine rings is 1. The molecule has 0 bridgehead atoms. The number of amides is 2. The number of nitrogens with zero attached hydrogens (tertiary/aromatic N) is 1. The first-order valence-corrected chi connectivity index (χ1v) is 6.61. The van der Waals surface area contributed by atoms with Gasteiger partial charge in [0.15, 0.2) is 0 Å². The zero-order valence-electron chi connectivity index (χ0n) is 11.3. The Balaban J connectivity index is 2.76. The van der Waals surface area contributed by atoms with Crippen LogP contribution in [0.5, 0.6) is 0 Å². The number of carbonyl (C=O) groups excluding carboxylic acids is 2. The Morgan fingerprint density at radius 3 is 2.53 bits per heavy atom. The van der Waals surface area contributed by atoms with Gasteiger partial charge in [-0.05, 0) is 19.3 Å². The van der Waals surface area contributed by atoms with Gasteiger partial charge in [-0.2, -0.15) is 0 Å². The van der Waals surface area contributed by atoms with Crippen molar-refractivity contribution in [2.45, 2.75) is 59.0 Å². The largest absolute Gasteiger partial charge is 0.343 e. The molecule has 4 nitrogen and oxygen atoms in total. The van der Waals surface area contributed by atoms with Gasteiger partial charge in [-0.25, -0.2) is 0 Å². The van der Waals surface area contributed by atoms with Gasteiger partial charge in [0.05, 0.1) is 6.54 Å². The molecule has 3 unspecified atom stereocenters.